The quantitative estimate of drug-likeness (QED) is 0.921. The predicted octanol–water partition coefficient (Wildman–Crippen LogP) is 1.35. The first-order valence-electron chi connectivity index (χ1n) is 6.69. The van der Waals surface area contributed by atoms with E-state index in [9.17, 15) is 4.79 Å². The summed E-state index contributed by atoms with van der Waals surface area (Å²) in [5.41, 5.74) is 0.347. The molecule has 0 aliphatic carbocycles. The highest BCUT2D eigenvalue weighted by atomic mass is 16.6. The number of nitrogens with zero attached hydrogens (tertiary/aromatic N) is 2. The Morgan fingerprint density at radius 1 is 1.33 bits per heavy atom. The highest BCUT2D eigenvalue weighted by molar-refractivity contribution is 5.92. The molecular formula is C15H15N3O3. The number of hydrogen-bond acceptors (Lipinski definition) is 5. The van der Waals surface area contributed by atoms with Gasteiger partial charge in [0.25, 0.3) is 5.91 Å². The summed E-state index contributed by atoms with van der Waals surface area (Å²) in [4.78, 5) is 20.0. The second-order valence-electron chi connectivity index (χ2n) is 4.70. The zero-order valence-electron chi connectivity index (χ0n) is 11.6. The van der Waals surface area contributed by atoms with E-state index in [2.05, 4.69) is 15.3 Å². The molecule has 0 saturated heterocycles. The summed E-state index contributed by atoms with van der Waals surface area (Å²) in [6.07, 6.45) is 1.35. The lowest BCUT2D eigenvalue weighted by Crippen LogP contribution is -2.41. The van der Waals surface area contributed by atoms with Gasteiger partial charge < -0.3 is 14.8 Å². The summed E-state index contributed by atoms with van der Waals surface area (Å²) in [5, 5.41) is 2.79. The molecule has 1 amide bonds. The largest absolute Gasteiger partial charge is 0.486 e. The summed E-state index contributed by atoms with van der Waals surface area (Å²) in [6, 6.07) is 9.05. The maximum absolute atomic E-state index is 12.0. The molecule has 2 aromatic rings. The van der Waals surface area contributed by atoms with Gasteiger partial charge in [-0.15, -0.1) is 0 Å². The molecule has 6 nitrogen and oxygen atoms in total. The SMILES string of the molecule is Cc1nccc(C(=O)NCC2COc3ccccc3O2)n1. The molecule has 1 aliphatic rings. The van der Waals surface area contributed by atoms with Gasteiger partial charge in [-0.3, -0.25) is 4.79 Å². The first-order chi connectivity index (χ1) is 10.2. The number of carbonyl (C=O) groups is 1. The molecule has 1 aromatic heterocycles. The average Bonchev–Trinajstić information content (AvgIpc) is 2.52. The Morgan fingerprint density at radius 3 is 2.95 bits per heavy atom. The summed E-state index contributed by atoms with van der Waals surface area (Å²) in [5.74, 6) is 1.74. The molecule has 6 heteroatoms. The molecule has 1 aromatic carbocycles. The van der Waals surface area contributed by atoms with Gasteiger partial charge in [0, 0.05) is 6.20 Å². The molecule has 0 bridgehead atoms. The molecule has 108 valence electrons. The molecule has 21 heavy (non-hydrogen) atoms. The lowest BCUT2D eigenvalue weighted by atomic mass is 10.2. The van der Waals surface area contributed by atoms with Crippen LogP contribution in [0.15, 0.2) is 36.5 Å². The van der Waals surface area contributed by atoms with Crippen molar-refractivity contribution in [3.05, 3.63) is 48.0 Å². The minimum atomic E-state index is -0.247. The monoisotopic (exact) mass is 285 g/mol. The van der Waals surface area contributed by atoms with Crippen LogP contribution in [0, 0.1) is 6.92 Å². The highest BCUT2D eigenvalue weighted by Gasteiger charge is 2.21. The molecular weight excluding hydrogens is 270 g/mol. The van der Waals surface area contributed by atoms with E-state index in [1.165, 1.54) is 0 Å². The zero-order chi connectivity index (χ0) is 14.7. The summed E-state index contributed by atoms with van der Waals surface area (Å²) in [7, 11) is 0. The summed E-state index contributed by atoms with van der Waals surface area (Å²) >= 11 is 0. The molecule has 2 heterocycles. The van der Waals surface area contributed by atoms with Crippen molar-refractivity contribution >= 4 is 5.91 Å². The van der Waals surface area contributed by atoms with Gasteiger partial charge in [-0.1, -0.05) is 12.1 Å². The van der Waals surface area contributed by atoms with Crippen molar-refractivity contribution in [3.8, 4) is 11.5 Å². The van der Waals surface area contributed by atoms with E-state index >= 15 is 0 Å². The van der Waals surface area contributed by atoms with E-state index in [4.69, 9.17) is 9.47 Å². The minimum Gasteiger partial charge on any atom is -0.486 e. The summed E-state index contributed by atoms with van der Waals surface area (Å²) in [6.45, 7) is 2.50. The standard InChI is InChI=1S/C15H15N3O3/c1-10-16-7-6-12(18-10)15(19)17-8-11-9-20-13-4-2-3-5-14(13)21-11/h2-7,11H,8-9H2,1H3,(H,17,19). The Hall–Kier alpha value is -2.63. The first-order valence-corrected chi connectivity index (χ1v) is 6.69. The van der Waals surface area contributed by atoms with Gasteiger partial charge >= 0.3 is 0 Å². The molecule has 3 rings (SSSR count). The Morgan fingerprint density at radius 2 is 2.14 bits per heavy atom. The van der Waals surface area contributed by atoms with Crippen LogP contribution in [0.3, 0.4) is 0 Å². The average molecular weight is 285 g/mol. The fourth-order valence-corrected chi connectivity index (χ4v) is 2.04. The molecule has 0 saturated carbocycles. The van der Waals surface area contributed by atoms with Crippen molar-refractivity contribution in [1.29, 1.82) is 0 Å². The van der Waals surface area contributed by atoms with Crippen molar-refractivity contribution in [2.24, 2.45) is 0 Å². The first kappa shape index (κ1) is 13.4. The number of nitrogens with one attached hydrogen (secondary N) is 1. The minimum absolute atomic E-state index is 0.216. The topological polar surface area (TPSA) is 73.3 Å². The van der Waals surface area contributed by atoms with E-state index < -0.39 is 0 Å². The fourth-order valence-electron chi connectivity index (χ4n) is 2.04. The molecule has 1 atom stereocenters. The molecule has 1 N–H and O–H groups in total. The van der Waals surface area contributed by atoms with Crippen molar-refractivity contribution in [1.82, 2.24) is 15.3 Å². The highest BCUT2D eigenvalue weighted by Crippen LogP contribution is 2.30. The van der Waals surface area contributed by atoms with Crippen LogP contribution in [0.5, 0.6) is 11.5 Å². The molecule has 0 radical (unpaired) electrons. The predicted molar refractivity (Wildman–Crippen MR) is 75.5 cm³/mol. The normalized spacial score (nSPS) is 16.3. The lowest BCUT2D eigenvalue weighted by molar-refractivity contribution is 0.0786. The number of ether oxygens (including phenoxy) is 2. The van der Waals surface area contributed by atoms with Crippen LogP contribution in [-0.4, -0.2) is 35.1 Å². The van der Waals surface area contributed by atoms with Gasteiger partial charge in [-0.2, -0.15) is 0 Å². The van der Waals surface area contributed by atoms with E-state index in [1.54, 1.807) is 19.2 Å². The molecule has 0 fully saturated rings. The fraction of sp³-hybridized carbons (Fsp3) is 0.267. The number of aromatic nitrogens is 2. The van der Waals surface area contributed by atoms with Gasteiger partial charge in [0.05, 0.1) is 6.54 Å². The van der Waals surface area contributed by atoms with Gasteiger partial charge in [0.2, 0.25) is 0 Å². The van der Waals surface area contributed by atoms with E-state index in [0.717, 1.165) is 5.75 Å². The van der Waals surface area contributed by atoms with Crippen LogP contribution in [0.25, 0.3) is 0 Å². The van der Waals surface area contributed by atoms with Crippen molar-refractivity contribution < 1.29 is 14.3 Å². The van der Waals surface area contributed by atoms with Crippen LogP contribution in [-0.2, 0) is 0 Å². The van der Waals surface area contributed by atoms with Crippen LogP contribution >= 0.6 is 0 Å². The van der Waals surface area contributed by atoms with Gasteiger partial charge in [-0.05, 0) is 25.1 Å². The van der Waals surface area contributed by atoms with E-state index in [-0.39, 0.29) is 12.0 Å². The number of hydrogen-bond donors (Lipinski definition) is 1. The van der Waals surface area contributed by atoms with Crippen molar-refractivity contribution in [3.63, 3.8) is 0 Å². The number of rotatable bonds is 3. The van der Waals surface area contributed by atoms with Gasteiger partial charge in [0.15, 0.2) is 11.5 Å². The van der Waals surface area contributed by atoms with Crippen LogP contribution < -0.4 is 14.8 Å². The molecule has 0 spiro atoms. The number of para-hydroxylation sites is 2. The maximum Gasteiger partial charge on any atom is 0.270 e. The summed E-state index contributed by atoms with van der Waals surface area (Å²) < 4.78 is 11.4. The molecule has 1 unspecified atom stereocenters. The number of aryl methyl sites for hydroxylation is 1. The van der Waals surface area contributed by atoms with Crippen LogP contribution in [0.1, 0.15) is 16.3 Å². The second-order valence-corrected chi connectivity index (χ2v) is 4.70. The van der Waals surface area contributed by atoms with E-state index in [0.29, 0.717) is 30.4 Å². The molecule has 1 aliphatic heterocycles. The van der Waals surface area contributed by atoms with Gasteiger partial charge in [-0.25, -0.2) is 9.97 Å². The Kier molecular flexibility index (Phi) is 3.68. The van der Waals surface area contributed by atoms with Crippen LogP contribution in [0.4, 0.5) is 0 Å². The maximum atomic E-state index is 12.0. The number of amides is 1. The van der Waals surface area contributed by atoms with Crippen LogP contribution in [0.2, 0.25) is 0 Å². The number of fused-ring (bicyclic) bond motifs is 1. The third-order valence-corrected chi connectivity index (χ3v) is 3.07. The zero-order valence-corrected chi connectivity index (χ0v) is 11.6. The second kappa shape index (κ2) is 5.78. The third kappa shape index (κ3) is 3.10. The third-order valence-electron chi connectivity index (χ3n) is 3.07. The number of carbonyl (C=O) groups excluding carboxylic acids is 1. The van der Waals surface area contributed by atoms with Crippen molar-refractivity contribution in [2.45, 2.75) is 13.0 Å². The lowest BCUT2D eigenvalue weighted by Gasteiger charge is -2.26. The van der Waals surface area contributed by atoms with E-state index in [1.807, 2.05) is 24.3 Å². The Balaban J connectivity index is 1.58. The van der Waals surface area contributed by atoms with Gasteiger partial charge in [0.1, 0.15) is 24.2 Å². The Labute approximate surface area is 122 Å². The van der Waals surface area contributed by atoms with Crippen molar-refractivity contribution in [2.75, 3.05) is 13.2 Å². The number of benzene rings is 1. The smallest absolute Gasteiger partial charge is 0.270 e. The Bertz CT molecular complexity index is 660.